The van der Waals surface area contributed by atoms with Crippen LogP contribution in [0.5, 0.6) is 0 Å². The standard InChI is InChI=1S/C22H26Cl2O7/c1-20-5-3-10(25)7-13(20)14(26)8-11-12-4-6-22(19(29)30,31-18(28)17(23)24)21(12,2)9-15(27)16(11)20/h3,5,7,11-12,14-17,26-27H,4,6,8-9H2,1-2H3,(H,29,30)/t11-,12-,14-,15-,16+,20-,21-,22-/m0/s1. The Bertz CT molecular complexity index is 898. The summed E-state index contributed by atoms with van der Waals surface area (Å²) in [6.07, 6.45) is 3.74. The molecule has 4 rings (SSSR count). The maximum Gasteiger partial charge on any atom is 0.348 e. The molecule has 8 atom stereocenters. The third-order valence-electron chi connectivity index (χ3n) is 8.43. The largest absolute Gasteiger partial charge is 0.478 e. The second-order valence-corrected chi connectivity index (χ2v) is 10.8. The maximum atomic E-state index is 12.4. The van der Waals surface area contributed by atoms with Crippen molar-refractivity contribution >= 4 is 40.9 Å². The fourth-order valence-corrected chi connectivity index (χ4v) is 7.24. The molecule has 31 heavy (non-hydrogen) atoms. The average Bonchev–Trinajstić information content (AvgIpc) is 2.96. The van der Waals surface area contributed by atoms with E-state index in [0.717, 1.165) is 0 Å². The summed E-state index contributed by atoms with van der Waals surface area (Å²) < 4.78 is 5.45. The van der Waals surface area contributed by atoms with E-state index in [1.54, 1.807) is 13.0 Å². The van der Waals surface area contributed by atoms with Crippen LogP contribution in [-0.4, -0.2) is 55.7 Å². The minimum atomic E-state index is -1.87. The highest BCUT2D eigenvalue weighted by Crippen LogP contribution is 2.67. The third-order valence-corrected chi connectivity index (χ3v) is 8.79. The van der Waals surface area contributed by atoms with Crippen molar-refractivity contribution in [2.75, 3.05) is 0 Å². The number of esters is 1. The van der Waals surface area contributed by atoms with Crippen LogP contribution in [0.1, 0.15) is 39.5 Å². The molecule has 170 valence electrons. The Morgan fingerprint density at radius 1 is 1.26 bits per heavy atom. The Kier molecular flexibility index (Phi) is 5.36. The molecule has 0 aromatic heterocycles. The molecule has 0 aromatic rings. The van der Waals surface area contributed by atoms with E-state index in [2.05, 4.69) is 0 Å². The monoisotopic (exact) mass is 472 g/mol. The number of ketones is 1. The molecule has 3 fully saturated rings. The van der Waals surface area contributed by atoms with Gasteiger partial charge in [0.05, 0.1) is 12.2 Å². The van der Waals surface area contributed by atoms with Crippen LogP contribution in [0.4, 0.5) is 0 Å². The van der Waals surface area contributed by atoms with E-state index in [9.17, 15) is 29.7 Å². The van der Waals surface area contributed by atoms with Crippen LogP contribution in [0.15, 0.2) is 23.8 Å². The SMILES string of the molecule is C[C@]12C=CC(=O)C=C1[C@@H](O)C[C@@H]1[C@@H]2[C@@H](O)C[C@@]2(C)[C@H]1CC[C@]2(OC(=O)C(Cl)Cl)C(=O)O. The van der Waals surface area contributed by atoms with Gasteiger partial charge in [0.25, 0.3) is 0 Å². The Hall–Kier alpha value is -1.41. The number of hydrogen-bond donors (Lipinski definition) is 3. The van der Waals surface area contributed by atoms with E-state index in [-0.39, 0.29) is 36.4 Å². The predicted molar refractivity (Wildman–Crippen MR) is 111 cm³/mol. The first-order valence-corrected chi connectivity index (χ1v) is 11.3. The van der Waals surface area contributed by atoms with Gasteiger partial charge in [-0.1, -0.05) is 43.1 Å². The number of allylic oxidation sites excluding steroid dienone is 3. The summed E-state index contributed by atoms with van der Waals surface area (Å²) >= 11 is 11.3. The van der Waals surface area contributed by atoms with Crippen LogP contribution in [0, 0.1) is 28.6 Å². The van der Waals surface area contributed by atoms with Gasteiger partial charge in [-0.2, -0.15) is 0 Å². The lowest BCUT2D eigenvalue weighted by molar-refractivity contribution is -0.210. The molecule has 4 aliphatic rings. The van der Waals surface area contributed by atoms with Crippen LogP contribution in [0.3, 0.4) is 0 Å². The zero-order valence-corrected chi connectivity index (χ0v) is 18.8. The first-order valence-electron chi connectivity index (χ1n) is 10.4. The van der Waals surface area contributed by atoms with Gasteiger partial charge in [0.2, 0.25) is 10.4 Å². The highest BCUT2D eigenvalue weighted by molar-refractivity contribution is 6.53. The molecule has 7 nitrogen and oxygen atoms in total. The summed E-state index contributed by atoms with van der Waals surface area (Å²) in [4.78, 5) is 35.1. The zero-order chi connectivity index (χ0) is 22.9. The first-order chi connectivity index (χ1) is 14.4. The normalized spacial score (nSPS) is 46.1. The number of carbonyl (C=O) groups excluding carboxylic acids is 2. The van der Waals surface area contributed by atoms with Crippen molar-refractivity contribution in [2.24, 2.45) is 28.6 Å². The van der Waals surface area contributed by atoms with Crippen LogP contribution in [0.2, 0.25) is 0 Å². The van der Waals surface area contributed by atoms with Gasteiger partial charge in [0, 0.05) is 16.7 Å². The second-order valence-electron chi connectivity index (χ2n) is 9.75. The van der Waals surface area contributed by atoms with Crippen molar-refractivity contribution in [3.8, 4) is 0 Å². The molecule has 0 amide bonds. The van der Waals surface area contributed by atoms with Crippen molar-refractivity contribution in [1.82, 2.24) is 0 Å². The van der Waals surface area contributed by atoms with Crippen molar-refractivity contribution in [2.45, 2.75) is 62.2 Å². The number of alkyl halides is 2. The number of aliphatic hydroxyl groups is 2. The molecule has 0 aromatic carbocycles. The lowest BCUT2D eigenvalue weighted by Crippen LogP contribution is -2.63. The van der Waals surface area contributed by atoms with Gasteiger partial charge in [0.15, 0.2) is 5.78 Å². The molecular weight excluding hydrogens is 447 g/mol. The van der Waals surface area contributed by atoms with E-state index in [4.69, 9.17) is 27.9 Å². The van der Waals surface area contributed by atoms with E-state index in [0.29, 0.717) is 18.4 Å². The topological polar surface area (TPSA) is 121 Å². The Morgan fingerprint density at radius 3 is 2.55 bits per heavy atom. The Balaban J connectivity index is 1.77. The minimum Gasteiger partial charge on any atom is -0.478 e. The van der Waals surface area contributed by atoms with E-state index < -0.39 is 45.4 Å². The molecule has 3 N–H and O–H groups in total. The van der Waals surface area contributed by atoms with Gasteiger partial charge >= 0.3 is 11.9 Å². The molecule has 0 spiro atoms. The maximum absolute atomic E-state index is 12.4. The quantitative estimate of drug-likeness (QED) is 0.425. The van der Waals surface area contributed by atoms with Crippen LogP contribution < -0.4 is 0 Å². The molecule has 9 heteroatoms. The van der Waals surface area contributed by atoms with Crippen LogP contribution in [-0.2, 0) is 19.1 Å². The third kappa shape index (κ3) is 3.04. The van der Waals surface area contributed by atoms with Crippen molar-refractivity contribution in [1.29, 1.82) is 0 Å². The number of fused-ring (bicyclic) bond motifs is 5. The second kappa shape index (κ2) is 7.30. The number of halogens is 2. The Labute approximate surface area is 190 Å². The summed E-state index contributed by atoms with van der Waals surface area (Å²) in [5, 5.41) is 32.4. The van der Waals surface area contributed by atoms with E-state index in [1.165, 1.54) is 12.2 Å². The summed E-state index contributed by atoms with van der Waals surface area (Å²) in [6.45, 7) is 3.63. The van der Waals surface area contributed by atoms with Crippen LogP contribution >= 0.6 is 23.2 Å². The summed E-state index contributed by atoms with van der Waals surface area (Å²) in [6, 6.07) is 0. The smallest absolute Gasteiger partial charge is 0.348 e. The van der Waals surface area contributed by atoms with Gasteiger partial charge in [-0.25, -0.2) is 9.59 Å². The number of carboxylic acid groups (broad SMARTS) is 1. The Morgan fingerprint density at radius 2 is 1.94 bits per heavy atom. The number of aliphatic hydroxyl groups excluding tert-OH is 2. The summed E-state index contributed by atoms with van der Waals surface area (Å²) in [5.41, 5.74) is -3.09. The molecule has 0 bridgehead atoms. The molecule has 0 radical (unpaired) electrons. The molecule has 0 saturated heterocycles. The van der Waals surface area contributed by atoms with Crippen molar-refractivity contribution < 1.29 is 34.4 Å². The van der Waals surface area contributed by atoms with Gasteiger partial charge in [0.1, 0.15) is 0 Å². The summed E-state index contributed by atoms with van der Waals surface area (Å²) in [5.74, 6) is -3.29. The fraction of sp³-hybridized carbons (Fsp3) is 0.682. The van der Waals surface area contributed by atoms with E-state index in [1.807, 2.05) is 6.92 Å². The highest BCUT2D eigenvalue weighted by Gasteiger charge is 2.71. The molecule has 3 saturated carbocycles. The molecular formula is C22H26Cl2O7. The number of carboxylic acids is 1. The van der Waals surface area contributed by atoms with Gasteiger partial charge in [-0.3, -0.25) is 4.79 Å². The molecule has 0 heterocycles. The molecule has 4 aliphatic carbocycles. The zero-order valence-electron chi connectivity index (χ0n) is 17.3. The molecule has 0 aliphatic heterocycles. The van der Waals surface area contributed by atoms with Gasteiger partial charge in [-0.05, 0) is 55.2 Å². The fourth-order valence-electron chi connectivity index (χ4n) is 7.15. The number of carbonyl (C=O) groups is 3. The van der Waals surface area contributed by atoms with E-state index >= 15 is 0 Å². The average molecular weight is 473 g/mol. The van der Waals surface area contributed by atoms with Crippen molar-refractivity contribution in [3.05, 3.63) is 23.8 Å². The number of rotatable bonds is 3. The lowest BCUT2D eigenvalue weighted by Gasteiger charge is -2.60. The lowest BCUT2D eigenvalue weighted by atomic mass is 9.46. The van der Waals surface area contributed by atoms with Gasteiger partial charge in [-0.15, -0.1) is 0 Å². The molecule has 0 unspecified atom stereocenters. The highest BCUT2D eigenvalue weighted by atomic mass is 35.5. The number of aliphatic carboxylic acids is 1. The number of hydrogen-bond acceptors (Lipinski definition) is 6. The van der Waals surface area contributed by atoms with Gasteiger partial charge < -0.3 is 20.1 Å². The number of ether oxygens (including phenoxy) is 1. The van der Waals surface area contributed by atoms with Crippen LogP contribution in [0.25, 0.3) is 0 Å². The van der Waals surface area contributed by atoms with Crippen molar-refractivity contribution in [3.63, 3.8) is 0 Å². The summed E-state index contributed by atoms with van der Waals surface area (Å²) in [7, 11) is 0. The predicted octanol–water partition coefficient (Wildman–Crippen LogP) is 2.41. The minimum absolute atomic E-state index is 0.0650. The first kappa shape index (κ1) is 22.8.